The largest absolute Gasteiger partial charge is 0.345 e. The van der Waals surface area contributed by atoms with Crippen LogP contribution < -0.4 is 5.32 Å². The van der Waals surface area contributed by atoms with Crippen LogP contribution in [0.1, 0.15) is 16.2 Å². The van der Waals surface area contributed by atoms with Gasteiger partial charge in [-0.2, -0.15) is 5.10 Å². The zero-order valence-electron chi connectivity index (χ0n) is 13.0. The number of aromatic amines is 1. The fraction of sp³-hybridized carbons (Fsp3) is 0.0625. The van der Waals surface area contributed by atoms with Crippen molar-refractivity contribution in [1.82, 2.24) is 35.5 Å². The first-order chi connectivity index (χ1) is 12.3. The average molecular weight is 351 g/mol. The van der Waals surface area contributed by atoms with Crippen LogP contribution in [0.5, 0.6) is 0 Å². The number of rotatable bonds is 5. The van der Waals surface area contributed by atoms with Crippen LogP contribution in [0.4, 0.5) is 0 Å². The van der Waals surface area contributed by atoms with Crippen LogP contribution in [0.2, 0.25) is 0 Å². The van der Waals surface area contributed by atoms with E-state index < -0.39 is 0 Å². The topological polar surface area (TPSA) is 101 Å². The smallest absolute Gasteiger partial charge is 0.272 e. The lowest BCUT2D eigenvalue weighted by atomic mass is 10.3. The minimum absolute atomic E-state index is 0.264. The minimum atomic E-state index is -0.269. The van der Waals surface area contributed by atoms with E-state index in [2.05, 4.69) is 30.8 Å². The zero-order chi connectivity index (χ0) is 17.1. The van der Waals surface area contributed by atoms with Crippen molar-refractivity contribution >= 4 is 17.2 Å². The summed E-state index contributed by atoms with van der Waals surface area (Å²) < 4.78 is 1.61. The van der Waals surface area contributed by atoms with E-state index in [-0.39, 0.29) is 12.5 Å². The number of nitrogens with one attached hydrogen (secondary N) is 2. The van der Waals surface area contributed by atoms with Crippen LogP contribution in [0.15, 0.2) is 54.3 Å². The Balaban J connectivity index is 1.40. The van der Waals surface area contributed by atoms with Crippen molar-refractivity contribution in [3.63, 3.8) is 0 Å². The summed E-state index contributed by atoms with van der Waals surface area (Å²) in [5.41, 5.74) is 2.61. The molecule has 4 aromatic heterocycles. The minimum Gasteiger partial charge on any atom is -0.345 e. The molecule has 0 fully saturated rings. The Hall–Kier alpha value is -3.33. The van der Waals surface area contributed by atoms with E-state index in [1.54, 1.807) is 40.7 Å². The van der Waals surface area contributed by atoms with Gasteiger partial charge in [0.15, 0.2) is 5.69 Å². The fourth-order valence-electron chi connectivity index (χ4n) is 2.25. The number of carbonyl (C=O) groups is 1. The molecule has 4 rings (SSSR count). The number of thiophene rings is 1. The van der Waals surface area contributed by atoms with Crippen molar-refractivity contribution in [2.45, 2.75) is 6.54 Å². The fourth-order valence-corrected chi connectivity index (χ4v) is 2.94. The molecule has 0 saturated carbocycles. The molecule has 0 saturated heterocycles. The maximum atomic E-state index is 12.2. The van der Waals surface area contributed by atoms with Gasteiger partial charge in [-0.3, -0.25) is 14.9 Å². The second kappa shape index (κ2) is 6.65. The van der Waals surface area contributed by atoms with Crippen molar-refractivity contribution in [2.24, 2.45) is 0 Å². The number of pyridine rings is 1. The summed E-state index contributed by atoms with van der Waals surface area (Å²) in [6.45, 7) is 0.264. The molecular weight excluding hydrogens is 338 g/mol. The van der Waals surface area contributed by atoms with Crippen molar-refractivity contribution in [1.29, 1.82) is 0 Å². The Morgan fingerprint density at radius 3 is 3.08 bits per heavy atom. The van der Waals surface area contributed by atoms with Gasteiger partial charge in [-0.05, 0) is 29.6 Å². The number of hydrogen-bond donors (Lipinski definition) is 2. The first-order valence-electron chi connectivity index (χ1n) is 7.49. The molecule has 25 heavy (non-hydrogen) atoms. The van der Waals surface area contributed by atoms with Crippen LogP contribution in [-0.2, 0) is 6.54 Å². The second-order valence-corrected chi connectivity index (χ2v) is 6.14. The van der Waals surface area contributed by atoms with Gasteiger partial charge in [0.25, 0.3) is 5.91 Å². The van der Waals surface area contributed by atoms with Crippen LogP contribution in [0.3, 0.4) is 0 Å². The molecule has 0 spiro atoms. The van der Waals surface area contributed by atoms with E-state index in [4.69, 9.17) is 0 Å². The Morgan fingerprint density at radius 1 is 1.32 bits per heavy atom. The number of aromatic nitrogens is 6. The summed E-state index contributed by atoms with van der Waals surface area (Å²) >= 11 is 1.58. The SMILES string of the molecule is O=C(NCc1cn(-c2cccnc2)nn1)c1cc(-c2cccs2)[nH]n1. The lowest BCUT2D eigenvalue weighted by molar-refractivity contribution is 0.0945. The molecule has 0 aliphatic rings. The van der Waals surface area contributed by atoms with Gasteiger partial charge in [-0.25, -0.2) is 4.68 Å². The Morgan fingerprint density at radius 2 is 2.28 bits per heavy atom. The summed E-state index contributed by atoms with van der Waals surface area (Å²) in [5, 5.41) is 19.8. The molecule has 0 aliphatic carbocycles. The molecule has 9 heteroatoms. The summed E-state index contributed by atoms with van der Waals surface area (Å²) in [7, 11) is 0. The predicted molar refractivity (Wildman–Crippen MR) is 92.2 cm³/mol. The lowest BCUT2D eigenvalue weighted by Gasteiger charge is -1.99. The van der Waals surface area contributed by atoms with Crippen LogP contribution in [0, 0.1) is 0 Å². The average Bonchev–Trinajstić information content (AvgIpc) is 3.41. The number of hydrogen-bond acceptors (Lipinski definition) is 6. The predicted octanol–water partition coefficient (Wildman–Crippen LogP) is 2.04. The Kier molecular flexibility index (Phi) is 4.05. The maximum Gasteiger partial charge on any atom is 0.272 e. The number of amides is 1. The first kappa shape index (κ1) is 15.2. The highest BCUT2D eigenvalue weighted by atomic mass is 32.1. The molecule has 4 heterocycles. The normalized spacial score (nSPS) is 10.7. The van der Waals surface area contributed by atoms with E-state index in [0.29, 0.717) is 11.4 Å². The summed E-state index contributed by atoms with van der Waals surface area (Å²) in [5.74, 6) is -0.269. The summed E-state index contributed by atoms with van der Waals surface area (Å²) in [6, 6.07) is 9.34. The van der Waals surface area contributed by atoms with Crippen LogP contribution >= 0.6 is 11.3 Å². The third-order valence-corrected chi connectivity index (χ3v) is 4.38. The quantitative estimate of drug-likeness (QED) is 0.573. The molecule has 0 radical (unpaired) electrons. The number of nitrogens with zero attached hydrogens (tertiary/aromatic N) is 5. The van der Waals surface area contributed by atoms with E-state index >= 15 is 0 Å². The van der Waals surface area contributed by atoms with E-state index in [1.807, 2.05) is 29.6 Å². The van der Waals surface area contributed by atoms with E-state index in [9.17, 15) is 4.79 Å². The molecule has 0 bridgehead atoms. The van der Waals surface area contributed by atoms with Gasteiger partial charge in [0.05, 0.1) is 35.2 Å². The van der Waals surface area contributed by atoms with Gasteiger partial charge in [-0.15, -0.1) is 16.4 Å². The van der Waals surface area contributed by atoms with Crippen LogP contribution in [0.25, 0.3) is 16.3 Å². The molecule has 4 aromatic rings. The monoisotopic (exact) mass is 351 g/mol. The van der Waals surface area contributed by atoms with Crippen molar-refractivity contribution in [3.8, 4) is 16.3 Å². The molecule has 0 unspecified atom stereocenters. The van der Waals surface area contributed by atoms with Gasteiger partial charge in [-0.1, -0.05) is 11.3 Å². The van der Waals surface area contributed by atoms with Crippen LogP contribution in [-0.4, -0.2) is 36.1 Å². The lowest BCUT2D eigenvalue weighted by Crippen LogP contribution is -2.23. The third-order valence-electron chi connectivity index (χ3n) is 3.48. The van der Waals surface area contributed by atoms with Crippen molar-refractivity contribution in [2.75, 3.05) is 0 Å². The first-order valence-corrected chi connectivity index (χ1v) is 8.37. The molecule has 1 amide bonds. The molecule has 0 atom stereocenters. The highest BCUT2D eigenvalue weighted by Crippen LogP contribution is 2.22. The van der Waals surface area contributed by atoms with E-state index in [0.717, 1.165) is 16.3 Å². The van der Waals surface area contributed by atoms with Gasteiger partial charge in [0.1, 0.15) is 5.69 Å². The van der Waals surface area contributed by atoms with Crippen molar-refractivity contribution < 1.29 is 4.79 Å². The Labute approximate surface area is 146 Å². The third kappa shape index (κ3) is 3.31. The van der Waals surface area contributed by atoms with Gasteiger partial charge < -0.3 is 5.32 Å². The zero-order valence-corrected chi connectivity index (χ0v) is 13.8. The number of H-pyrrole nitrogens is 1. The van der Waals surface area contributed by atoms with Gasteiger partial charge >= 0.3 is 0 Å². The number of carbonyl (C=O) groups excluding carboxylic acids is 1. The van der Waals surface area contributed by atoms with Gasteiger partial charge in [0.2, 0.25) is 0 Å². The molecule has 0 aromatic carbocycles. The Bertz CT molecular complexity index is 975. The van der Waals surface area contributed by atoms with Gasteiger partial charge in [0, 0.05) is 6.20 Å². The molecule has 8 nitrogen and oxygen atoms in total. The molecule has 2 N–H and O–H groups in total. The molecule has 0 aliphatic heterocycles. The maximum absolute atomic E-state index is 12.2. The van der Waals surface area contributed by atoms with Crippen molar-refractivity contribution in [3.05, 3.63) is 65.7 Å². The standard InChI is InChI=1S/C16H13N7OS/c24-16(14-7-13(20-21-14)15-4-2-6-25-15)18-8-11-10-23(22-19-11)12-3-1-5-17-9-12/h1-7,9-10H,8H2,(H,18,24)(H,20,21). The molecular formula is C16H13N7OS. The second-order valence-electron chi connectivity index (χ2n) is 5.19. The summed E-state index contributed by atoms with van der Waals surface area (Å²) in [4.78, 5) is 17.3. The highest BCUT2D eigenvalue weighted by molar-refractivity contribution is 7.13. The highest BCUT2D eigenvalue weighted by Gasteiger charge is 2.12. The summed E-state index contributed by atoms with van der Waals surface area (Å²) in [6.07, 6.45) is 5.13. The molecule has 124 valence electrons. The van der Waals surface area contributed by atoms with E-state index in [1.165, 1.54) is 0 Å².